The molecule has 0 atom stereocenters. The molecule has 0 aromatic heterocycles. The lowest BCUT2D eigenvalue weighted by Crippen LogP contribution is -1.98. The molecule has 2 N–H and O–H groups in total. The van der Waals surface area contributed by atoms with Crippen LogP contribution in [0.25, 0.3) is 0 Å². The number of carbonyl (C=O) groups is 2. The van der Waals surface area contributed by atoms with E-state index in [1.54, 1.807) is 0 Å². The van der Waals surface area contributed by atoms with Gasteiger partial charge in [-0.25, -0.2) is 0 Å². The molecule has 0 fully saturated rings. The van der Waals surface area contributed by atoms with Crippen molar-refractivity contribution < 1.29 is 9.59 Å². The van der Waals surface area contributed by atoms with Crippen LogP contribution in [0.15, 0.2) is 29.5 Å². The highest BCUT2D eigenvalue weighted by molar-refractivity contribution is 6.33. The molecule has 0 aliphatic heterocycles. The van der Waals surface area contributed by atoms with E-state index < -0.39 is 0 Å². The Bertz CT molecular complexity index is 219. The number of aldehydes is 2. The second-order valence-electron chi connectivity index (χ2n) is 1.62. The minimum Gasteiger partial charge on any atom is -0.395 e. The van der Waals surface area contributed by atoms with Gasteiger partial charge in [0.05, 0.1) is 11.9 Å². The molecule has 58 valence electrons. The number of nitrogens with zero attached hydrogens (tertiary/aromatic N) is 1. The summed E-state index contributed by atoms with van der Waals surface area (Å²) >= 11 is 0. The van der Waals surface area contributed by atoms with E-state index in [0.29, 0.717) is 12.6 Å². The monoisotopic (exact) mass is 152 g/mol. The fraction of sp³-hybridized carbons (Fsp3) is 0. The van der Waals surface area contributed by atoms with Gasteiger partial charge in [0.1, 0.15) is 5.71 Å². The predicted octanol–water partition coefficient (Wildman–Crippen LogP) is -0.189. The summed E-state index contributed by atoms with van der Waals surface area (Å²) in [6.45, 7) is 3.32. The van der Waals surface area contributed by atoms with Gasteiger partial charge in [0.2, 0.25) is 0 Å². The Kier molecular flexibility index (Phi) is 4.31. The minimum absolute atomic E-state index is 0.0359. The Balaban J connectivity index is 4.40. The van der Waals surface area contributed by atoms with Crippen LogP contribution in [0.1, 0.15) is 0 Å². The summed E-state index contributed by atoms with van der Waals surface area (Å²) in [6, 6.07) is 0. The summed E-state index contributed by atoms with van der Waals surface area (Å²) in [6.07, 6.45) is 3.32. The number of hydrogen-bond donors (Lipinski definition) is 1. The third kappa shape index (κ3) is 3.80. The Morgan fingerprint density at radius 1 is 1.36 bits per heavy atom. The second-order valence-corrected chi connectivity index (χ2v) is 1.62. The maximum atomic E-state index is 10.1. The van der Waals surface area contributed by atoms with Crippen molar-refractivity contribution in [1.82, 2.24) is 0 Å². The largest absolute Gasteiger partial charge is 0.395 e. The van der Waals surface area contributed by atoms with Crippen LogP contribution in [0.2, 0.25) is 0 Å². The van der Waals surface area contributed by atoms with E-state index in [9.17, 15) is 9.59 Å². The van der Waals surface area contributed by atoms with Crippen molar-refractivity contribution in [3.63, 3.8) is 0 Å². The smallest absolute Gasteiger partial charge is 0.168 e. The summed E-state index contributed by atoms with van der Waals surface area (Å²) in [4.78, 5) is 23.5. The molecule has 0 bridgehead atoms. The standard InChI is InChI=1S/C7H8N2O2/c1-2-7(5-11)9-3-6(8)4-10/h2-5H,1,8H2/b6-3-,9-7?. The summed E-state index contributed by atoms with van der Waals surface area (Å²) in [5, 5.41) is 0. The molecule has 0 saturated heterocycles. The van der Waals surface area contributed by atoms with Gasteiger partial charge >= 0.3 is 0 Å². The van der Waals surface area contributed by atoms with Crippen LogP contribution < -0.4 is 5.73 Å². The van der Waals surface area contributed by atoms with Gasteiger partial charge in [0.25, 0.3) is 0 Å². The van der Waals surface area contributed by atoms with Crippen LogP contribution >= 0.6 is 0 Å². The Morgan fingerprint density at radius 2 is 2.00 bits per heavy atom. The van der Waals surface area contributed by atoms with Gasteiger partial charge in [-0.15, -0.1) is 0 Å². The molecule has 11 heavy (non-hydrogen) atoms. The number of aliphatic imine (C=N–C) groups is 1. The highest BCUT2D eigenvalue weighted by atomic mass is 16.1. The molecule has 0 aliphatic rings. The Labute approximate surface area is 64.1 Å². The number of carbonyl (C=O) groups excluding carboxylic acids is 2. The van der Waals surface area contributed by atoms with E-state index in [1.807, 2.05) is 0 Å². The number of allylic oxidation sites excluding steroid dienone is 2. The molecule has 4 nitrogen and oxygen atoms in total. The summed E-state index contributed by atoms with van der Waals surface area (Å²) in [5.74, 6) is 0. The van der Waals surface area contributed by atoms with Gasteiger partial charge < -0.3 is 5.73 Å². The van der Waals surface area contributed by atoms with Crippen molar-refractivity contribution in [2.45, 2.75) is 0 Å². The SMILES string of the molecule is C=CC(C=O)=N/C=C(\N)C=O. The number of rotatable bonds is 4. The van der Waals surface area contributed by atoms with E-state index in [0.717, 1.165) is 6.20 Å². The molecule has 0 rings (SSSR count). The maximum absolute atomic E-state index is 10.1. The highest BCUT2D eigenvalue weighted by Crippen LogP contribution is 1.82. The maximum Gasteiger partial charge on any atom is 0.168 e. The predicted molar refractivity (Wildman–Crippen MR) is 42.0 cm³/mol. The van der Waals surface area contributed by atoms with Crippen LogP contribution in [-0.4, -0.2) is 18.3 Å². The van der Waals surface area contributed by atoms with E-state index in [4.69, 9.17) is 5.73 Å². The van der Waals surface area contributed by atoms with Gasteiger partial charge in [-0.3, -0.25) is 14.6 Å². The first-order chi connectivity index (χ1) is 5.24. The third-order valence-electron chi connectivity index (χ3n) is 0.829. The second kappa shape index (κ2) is 5.10. The average molecular weight is 152 g/mol. The molecule has 0 radical (unpaired) electrons. The molecule has 0 spiro atoms. The molecule has 0 saturated carbocycles. The van der Waals surface area contributed by atoms with Crippen LogP contribution in [0.3, 0.4) is 0 Å². The first-order valence-corrected chi connectivity index (χ1v) is 2.80. The molecular weight excluding hydrogens is 144 g/mol. The number of nitrogens with two attached hydrogens (primary N) is 1. The molecular formula is C7H8N2O2. The van der Waals surface area contributed by atoms with Crippen molar-refractivity contribution in [1.29, 1.82) is 0 Å². The molecule has 0 amide bonds. The van der Waals surface area contributed by atoms with E-state index >= 15 is 0 Å². The zero-order valence-corrected chi connectivity index (χ0v) is 5.86. The minimum atomic E-state index is -0.0359. The zero-order chi connectivity index (χ0) is 8.69. The van der Waals surface area contributed by atoms with E-state index in [1.165, 1.54) is 6.08 Å². The van der Waals surface area contributed by atoms with Crippen LogP contribution in [-0.2, 0) is 9.59 Å². The third-order valence-corrected chi connectivity index (χ3v) is 0.829. The molecule has 0 aromatic carbocycles. The van der Waals surface area contributed by atoms with Gasteiger partial charge in [-0.2, -0.15) is 0 Å². The van der Waals surface area contributed by atoms with Crippen molar-refractivity contribution in [3.8, 4) is 0 Å². The van der Waals surface area contributed by atoms with Gasteiger partial charge in [-0.05, 0) is 6.08 Å². The van der Waals surface area contributed by atoms with Crippen molar-refractivity contribution in [2.24, 2.45) is 10.7 Å². The topological polar surface area (TPSA) is 72.5 Å². The van der Waals surface area contributed by atoms with Gasteiger partial charge in [0, 0.05) is 0 Å². The van der Waals surface area contributed by atoms with Crippen molar-refractivity contribution >= 4 is 18.3 Å². The van der Waals surface area contributed by atoms with E-state index in [-0.39, 0.29) is 11.4 Å². The molecule has 4 heteroatoms. The lowest BCUT2D eigenvalue weighted by Gasteiger charge is -1.84. The lowest BCUT2D eigenvalue weighted by atomic mass is 10.4. The first kappa shape index (κ1) is 9.29. The van der Waals surface area contributed by atoms with Crippen LogP contribution in [0.4, 0.5) is 0 Å². The molecule has 0 aromatic rings. The molecule has 0 aliphatic carbocycles. The quantitative estimate of drug-likeness (QED) is 0.345. The highest BCUT2D eigenvalue weighted by Gasteiger charge is 1.86. The summed E-state index contributed by atoms with van der Waals surface area (Å²) < 4.78 is 0. The summed E-state index contributed by atoms with van der Waals surface area (Å²) in [7, 11) is 0. The fourth-order valence-electron chi connectivity index (χ4n) is 0.311. The number of hydrogen-bond acceptors (Lipinski definition) is 4. The normalized spacial score (nSPS) is 12.4. The molecule has 0 unspecified atom stereocenters. The van der Waals surface area contributed by atoms with Crippen LogP contribution in [0.5, 0.6) is 0 Å². The lowest BCUT2D eigenvalue weighted by molar-refractivity contribution is -0.105. The van der Waals surface area contributed by atoms with Gasteiger partial charge in [-0.1, -0.05) is 6.58 Å². The van der Waals surface area contributed by atoms with Crippen molar-refractivity contribution in [2.75, 3.05) is 0 Å². The van der Waals surface area contributed by atoms with Gasteiger partial charge in [0.15, 0.2) is 12.6 Å². The first-order valence-electron chi connectivity index (χ1n) is 2.80. The molecule has 0 heterocycles. The zero-order valence-electron chi connectivity index (χ0n) is 5.86. The van der Waals surface area contributed by atoms with Crippen molar-refractivity contribution in [3.05, 3.63) is 24.6 Å². The average Bonchev–Trinajstić information content (AvgIpc) is 2.06. The van der Waals surface area contributed by atoms with Crippen LogP contribution in [0, 0.1) is 0 Å². The Morgan fingerprint density at radius 3 is 2.36 bits per heavy atom. The summed E-state index contributed by atoms with van der Waals surface area (Å²) in [5.41, 5.74) is 5.16. The van der Waals surface area contributed by atoms with E-state index in [2.05, 4.69) is 11.6 Å². The fourth-order valence-corrected chi connectivity index (χ4v) is 0.311. The Hall–Kier alpha value is -1.71.